The molecular weight excluding hydrogens is 210 g/mol. The first-order valence-corrected chi connectivity index (χ1v) is 6.66. The highest BCUT2D eigenvalue weighted by atomic mass is 15.0. The average Bonchev–Trinajstić information content (AvgIpc) is 2.65. The van der Waals surface area contributed by atoms with Crippen molar-refractivity contribution >= 4 is 11.4 Å². The van der Waals surface area contributed by atoms with Crippen molar-refractivity contribution in [2.45, 2.75) is 45.4 Å². The van der Waals surface area contributed by atoms with Crippen molar-refractivity contribution in [3.8, 4) is 0 Å². The minimum Gasteiger partial charge on any atom is -0.368 e. The van der Waals surface area contributed by atoms with Crippen LogP contribution >= 0.6 is 0 Å². The molecule has 92 valence electrons. The third kappa shape index (κ3) is 3.29. The third-order valence-corrected chi connectivity index (χ3v) is 3.09. The van der Waals surface area contributed by atoms with E-state index in [0.29, 0.717) is 0 Å². The lowest BCUT2D eigenvalue weighted by molar-refractivity contribution is 0.720. The standard InChI is InChI=1S/C14H21N3/c1-2-9-16-14-13(15-10-11-17-14)12-7-5-3-4-6-8-12/h7,10-11H,2-6,8-9H2,1H3,(H,16,17). The van der Waals surface area contributed by atoms with Gasteiger partial charge in [-0.1, -0.05) is 19.4 Å². The number of rotatable bonds is 4. The van der Waals surface area contributed by atoms with Crippen LogP contribution in [-0.2, 0) is 0 Å². The first-order chi connectivity index (χ1) is 8.42. The van der Waals surface area contributed by atoms with Gasteiger partial charge in [0.05, 0.1) is 0 Å². The van der Waals surface area contributed by atoms with E-state index in [1.165, 1.54) is 31.3 Å². The van der Waals surface area contributed by atoms with Crippen molar-refractivity contribution in [3.05, 3.63) is 24.2 Å². The Morgan fingerprint density at radius 2 is 2.06 bits per heavy atom. The normalized spacial score (nSPS) is 16.2. The highest BCUT2D eigenvalue weighted by Gasteiger charge is 2.11. The zero-order chi connectivity index (χ0) is 11.9. The second kappa shape index (κ2) is 6.38. The van der Waals surface area contributed by atoms with E-state index in [2.05, 4.69) is 28.3 Å². The summed E-state index contributed by atoms with van der Waals surface area (Å²) in [6.45, 7) is 3.12. The number of nitrogens with zero attached hydrogens (tertiary/aromatic N) is 2. The summed E-state index contributed by atoms with van der Waals surface area (Å²) in [5, 5.41) is 3.37. The fraction of sp³-hybridized carbons (Fsp3) is 0.571. The molecule has 0 aliphatic heterocycles. The van der Waals surface area contributed by atoms with E-state index < -0.39 is 0 Å². The Kier molecular flexibility index (Phi) is 4.54. The van der Waals surface area contributed by atoms with Crippen LogP contribution in [-0.4, -0.2) is 16.5 Å². The van der Waals surface area contributed by atoms with Crippen LogP contribution in [0.25, 0.3) is 5.57 Å². The summed E-state index contributed by atoms with van der Waals surface area (Å²) in [4.78, 5) is 8.91. The molecule has 0 unspecified atom stereocenters. The largest absolute Gasteiger partial charge is 0.368 e. The van der Waals surface area contributed by atoms with E-state index in [9.17, 15) is 0 Å². The van der Waals surface area contributed by atoms with Crippen LogP contribution in [0, 0.1) is 0 Å². The topological polar surface area (TPSA) is 37.8 Å². The lowest BCUT2D eigenvalue weighted by atomic mass is 10.1. The maximum atomic E-state index is 4.50. The fourth-order valence-electron chi connectivity index (χ4n) is 2.18. The highest BCUT2D eigenvalue weighted by molar-refractivity contribution is 5.71. The first-order valence-electron chi connectivity index (χ1n) is 6.66. The van der Waals surface area contributed by atoms with Crippen LogP contribution < -0.4 is 5.32 Å². The Hall–Kier alpha value is -1.38. The van der Waals surface area contributed by atoms with Crippen molar-refractivity contribution in [2.24, 2.45) is 0 Å². The Bertz CT molecular complexity index is 385. The molecule has 3 heteroatoms. The molecule has 1 N–H and O–H groups in total. The van der Waals surface area contributed by atoms with Gasteiger partial charge in [-0.25, -0.2) is 4.98 Å². The minimum absolute atomic E-state index is 0.947. The molecule has 1 aliphatic rings. The van der Waals surface area contributed by atoms with E-state index in [1.54, 1.807) is 12.4 Å². The summed E-state index contributed by atoms with van der Waals surface area (Å²) < 4.78 is 0. The molecule has 0 saturated heterocycles. The Morgan fingerprint density at radius 1 is 1.18 bits per heavy atom. The van der Waals surface area contributed by atoms with Crippen LogP contribution in [0.4, 0.5) is 5.82 Å². The van der Waals surface area contributed by atoms with Gasteiger partial charge in [0.2, 0.25) is 0 Å². The van der Waals surface area contributed by atoms with E-state index in [1.807, 2.05) is 0 Å². The SMILES string of the molecule is CCCNc1nccnc1C1=CCCCCC1. The van der Waals surface area contributed by atoms with Gasteiger partial charge >= 0.3 is 0 Å². The molecule has 1 aliphatic carbocycles. The van der Waals surface area contributed by atoms with Crippen molar-refractivity contribution in [1.29, 1.82) is 0 Å². The molecule has 17 heavy (non-hydrogen) atoms. The van der Waals surface area contributed by atoms with Gasteiger partial charge in [-0.05, 0) is 37.7 Å². The number of nitrogens with one attached hydrogen (secondary N) is 1. The molecule has 1 aromatic heterocycles. The summed E-state index contributed by atoms with van der Waals surface area (Å²) in [5.41, 5.74) is 2.43. The molecule has 0 atom stereocenters. The second-order valence-electron chi connectivity index (χ2n) is 4.51. The smallest absolute Gasteiger partial charge is 0.152 e. The van der Waals surface area contributed by atoms with Gasteiger partial charge in [0.15, 0.2) is 5.82 Å². The number of allylic oxidation sites excluding steroid dienone is 2. The van der Waals surface area contributed by atoms with E-state index >= 15 is 0 Å². The molecule has 0 saturated carbocycles. The summed E-state index contributed by atoms with van der Waals surface area (Å²) in [6, 6.07) is 0. The molecular formula is C14H21N3. The number of anilines is 1. The van der Waals surface area contributed by atoms with Gasteiger partial charge in [0, 0.05) is 18.9 Å². The second-order valence-corrected chi connectivity index (χ2v) is 4.51. The number of hydrogen-bond donors (Lipinski definition) is 1. The lowest BCUT2D eigenvalue weighted by Gasteiger charge is -2.11. The molecule has 0 radical (unpaired) electrons. The molecule has 2 rings (SSSR count). The summed E-state index contributed by atoms with van der Waals surface area (Å²) in [7, 11) is 0. The van der Waals surface area contributed by atoms with Crippen molar-refractivity contribution in [3.63, 3.8) is 0 Å². The van der Waals surface area contributed by atoms with Crippen LogP contribution in [0.1, 0.15) is 51.1 Å². The molecule has 1 aromatic rings. The number of hydrogen-bond acceptors (Lipinski definition) is 3. The molecule has 0 aromatic carbocycles. The third-order valence-electron chi connectivity index (χ3n) is 3.09. The minimum atomic E-state index is 0.947. The van der Waals surface area contributed by atoms with Gasteiger partial charge in [0.25, 0.3) is 0 Å². The molecule has 0 spiro atoms. The first kappa shape index (κ1) is 12.1. The van der Waals surface area contributed by atoms with Gasteiger partial charge < -0.3 is 5.32 Å². The molecule has 3 nitrogen and oxygen atoms in total. The molecule has 0 bridgehead atoms. The predicted octanol–water partition coefficient (Wildman–Crippen LogP) is 3.65. The summed E-state index contributed by atoms with van der Waals surface area (Å²) in [6.07, 6.45) is 13.2. The van der Waals surface area contributed by atoms with Gasteiger partial charge in [-0.3, -0.25) is 4.98 Å². The van der Waals surface area contributed by atoms with Gasteiger partial charge in [-0.2, -0.15) is 0 Å². The van der Waals surface area contributed by atoms with E-state index in [0.717, 1.165) is 30.9 Å². The van der Waals surface area contributed by atoms with E-state index in [4.69, 9.17) is 0 Å². The van der Waals surface area contributed by atoms with E-state index in [-0.39, 0.29) is 0 Å². The lowest BCUT2D eigenvalue weighted by Crippen LogP contribution is -2.06. The van der Waals surface area contributed by atoms with Crippen molar-refractivity contribution < 1.29 is 0 Å². The van der Waals surface area contributed by atoms with Gasteiger partial charge in [0.1, 0.15) is 5.69 Å². The summed E-state index contributed by atoms with van der Waals surface area (Å²) >= 11 is 0. The number of aromatic nitrogens is 2. The van der Waals surface area contributed by atoms with Crippen LogP contribution in [0.5, 0.6) is 0 Å². The zero-order valence-corrected chi connectivity index (χ0v) is 10.6. The molecule has 0 fully saturated rings. The Morgan fingerprint density at radius 3 is 2.94 bits per heavy atom. The predicted molar refractivity (Wildman–Crippen MR) is 71.9 cm³/mol. The van der Waals surface area contributed by atoms with Crippen molar-refractivity contribution in [2.75, 3.05) is 11.9 Å². The molecule has 1 heterocycles. The Labute approximate surface area is 103 Å². The highest BCUT2D eigenvalue weighted by Crippen LogP contribution is 2.27. The maximum absolute atomic E-state index is 4.50. The monoisotopic (exact) mass is 231 g/mol. The van der Waals surface area contributed by atoms with Crippen LogP contribution in [0.3, 0.4) is 0 Å². The van der Waals surface area contributed by atoms with Crippen LogP contribution in [0.15, 0.2) is 18.5 Å². The maximum Gasteiger partial charge on any atom is 0.152 e. The quantitative estimate of drug-likeness (QED) is 0.859. The van der Waals surface area contributed by atoms with Gasteiger partial charge in [-0.15, -0.1) is 0 Å². The molecule has 0 amide bonds. The summed E-state index contributed by atoms with van der Waals surface area (Å²) in [5.74, 6) is 0.947. The average molecular weight is 231 g/mol. The van der Waals surface area contributed by atoms with Crippen molar-refractivity contribution in [1.82, 2.24) is 9.97 Å². The fourth-order valence-corrected chi connectivity index (χ4v) is 2.18. The van der Waals surface area contributed by atoms with Crippen LogP contribution in [0.2, 0.25) is 0 Å². The zero-order valence-electron chi connectivity index (χ0n) is 10.6. The Balaban J connectivity index is 2.20.